The predicted molar refractivity (Wildman–Crippen MR) is 54.0 cm³/mol. The smallest absolute Gasteiger partial charge is 0.322 e. The summed E-state index contributed by atoms with van der Waals surface area (Å²) in [5.41, 5.74) is 5.42. The van der Waals surface area contributed by atoms with Crippen LogP contribution in [0.5, 0.6) is 0 Å². The maximum absolute atomic E-state index is 10.8. The van der Waals surface area contributed by atoms with Crippen molar-refractivity contribution in [3.63, 3.8) is 0 Å². The van der Waals surface area contributed by atoms with Gasteiger partial charge in [0.1, 0.15) is 6.04 Å². The molecule has 13 heavy (non-hydrogen) atoms. The topological polar surface area (TPSA) is 66.6 Å². The van der Waals surface area contributed by atoms with E-state index < -0.39 is 12.0 Å². The zero-order chi connectivity index (χ0) is 9.84. The van der Waals surface area contributed by atoms with E-state index >= 15 is 0 Å². The van der Waals surface area contributed by atoms with Gasteiger partial charge in [0.25, 0.3) is 0 Å². The van der Waals surface area contributed by atoms with E-state index in [1.54, 1.807) is 0 Å². The second-order valence-electron chi connectivity index (χ2n) is 3.27. The van der Waals surface area contributed by atoms with Crippen LogP contribution >= 0.6 is 11.8 Å². The van der Waals surface area contributed by atoms with E-state index in [2.05, 4.69) is 6.92 Å². The molecule has 1 saturated heterocycles. The SMILES string of the molecule is CC1CN(C(CN)C(=O)O)CCS1. The van der Waals surface area contributed by atoms with Crippen LogP contribution in [0.4, 0.5) is 0 Å². The number of nitrogens with two attached hydrogens (primary N) is 1. The van der Waals surface area contributed by atoms with Crippen molar-refractivity contribution in [2.24, 2.45) is 5.73 Å². The van der Waals surface area contributed by atoms with E-state index in [1.807, 2.05) is 16.7 Å². The molecule has 1 rings (SSSR count). The molecule has 3 N–H and O–H groups in total. The van der Waals surface area contributed by atoms with E-state index in [1.165, 1.54) is 0 Å². The highest BCUT2D eigenvalue weighted by atomic mass is 32.2. The zero-order valence-corrected chi connectivity index (χ0v) is 8.59. The van der Waals surface area contributed by atoms with Gasteiger partial charge in [0.05, 0.1) is 0 Å². The molecule has 0 aliphatic carbocycles. The zero-order valence-electron chi connectivity index (χ0n) is 7.77. The standard InChI is InChI=1S/C8H16N2O2S/c1-6-5-10(2-3-13-6)7(4-9)8(11)12/h6-7H,2-5,9H2,1H3,(H,11,12). The number of aliphatic carboxylic acids is 1. The van der Waals surface area contributed by atoms with Crippen molar-refractivity contribution in [3.05, 3.63) is 0 Å². The molecule has 1 heterocycles. The van der Waals surface area contributed by atoms with Crippen molar-refractivity contribution >= 4 is 17.7 Å². The summed E-state index contributed by atoms with van der Waals surface area (Å²) in [6.45, 7) is 3.99. The Labute approximate surface area is 82.5 Å². The fourth-order valence-electron chi connectivity index (χ4n) is 1.53. The number of carboxylic acid groups (broad SMARTS) is 1. The summed E-state index contributed by atoms with van der Waals surface area (Å²) in [6.07, 6.45) is 0. The van der Waals surface area contributed by atoms with Gasteiger partial charge in [-0.3, -0.25) is 9.69 Å². The van der Waals surface area contributed by atoms with Crippen LogP contribution in [-0.2, 0) is 4.79 Å². The fourth-order valence-corrected chi connectivity index (χ4v) is 2.57. The Morgan fingerprint density at radius 3 is 3.00 bits per heavy atom. The lowest BCUT2D eigenvalue weighted by molar-refractivity contribution is -0.142. The van der Waals surface area contributed by atoms with Gasteiger partial charge < -0.3 is 10.8 Å². The summed E-state index contributed by atoms with van der Waals surface area (Å²) in [5, 5.41) is 9.40. The minimum absolute atomic E-state index is 0.201. The molecule has 76 valence electrons. The average Bonchev–Trinajstić information content (AvgIpc) is 2.04. The van der Waals surface area contributed by atoms with Gasteiger partial charge in [-0.15, -0.1) is 0 Å². The largest absolute Gasteiger partial charge is 0.480 e. The molecular weight excluding hydrogens is 188 g/mol. The quantitative estimate of drug-likeness (QED) is 0.668. The summed E-state index contributed by atoms with van der Waals surface area (Å²) in [5.74, 6) is 0.201. The van der Waals surface area contributed by atoms with Crippen molar-refractivity contribution in [1.29, 1.82) is 0 Å². The predicted octanol–water partition coefficient (Wildman–Crippen LogP) is -0.164. The summed E-state index contributed by atoms with van der Waals surface area (Å²) >= 11 is 1.89. The highest BCUT2D eigenvalue weighted by Gasteiger charge is 2.27. The van der Waals surface area contributed by atoms with Gasteiger partial charge in [0, 0.05) is 30.6 Å². The van der Waals surface area contributed by atoms with Gasteiger partial charge in [-0.1, -0.05) is 6.92 Å². The van der Waals surface area contributed by atoms with Crippen LogP contribution in [0.3, 0.4) is 0 Å². The summed E-state index contributed by atoms with van der Waals surface area (Å²) in [4.78, 5) is 12.8. The first-order chi connectivity index (χ1) is 6.15. The molecule has 0 spiro atoms. The Kier molecular flexibility index (Phi) is 4.02. The fraction of sp³-hybridized carbons (Fsp3) is 0.875. The molecule has 1 aliphatic heterocycles. The Morgan fingerprint density at radius 1 is 1.85 bits per heavy atom. The first-order valence-electron chi connectivity index (χ1n) is 4.43. The van der Waals surface area contributed by atoms with Gasteiger partial charge in [-0.2, -0.15) is 11.8 Å². The maximum Gasteiger partial charge on any atom is 0.322 e. The molecule has 0 aromatic carbocycles. The van der Waals surface area contributed by atoms with Crippen molar-refractivity contribution in [1.82, 2.24) is 4.90 Å². The highest BCUT2D eigenvalue weighted by Crippen LogP contribution is 2.19. The van der Waals surface area contributed by atoms with Crippen LogP contribution in [0, 0.1) is 0 Å². The molecule has 0 aromatic heterocycles. The van der Waals surface area contributed by atoms with Gasteiger partial charge in [0.15, 0.2) is 0 Å². The number of carbonyl (C=O) groups is 1. The Bertz CT molecular complexity index is 189. The van der Waals surface area contributed by atoms with Crippen LogP contribution in [-0.4, -0.2) is 52.7 Å². The third-order valence-corrected chi connectivity index (χ3v) is 3.36. The lowest BCUT2D eigenvalue weighted by Gasteiger charge is -2.34. The van der Waals surface area contributed by atoms with Crippen LogP contribution in [0.2, 0.25) is 0 Å². The summed E-state index contributed by atoms with van der Waals surface area (Å²) in [7, 11) is 0. The Balaban J connectivity index is 2.52. The second kappa shape index (κ2) is 4.83. The van der Waals surface area contributed by atoms with Crippen LogP contribution in [0.25, 0.3) is 0 Å². The molecular formula is C8H16N2O2S. The molecule has 0 aromatic rings. The van der Waals surface area contributed by atoms with Gasteiger partial charge in [-0.25, -0.2) is 0 Å². The molecule has 0 amide bonds. The van der Waals surface area contributed by atoms with Gasteiger partial charge in [-0.05, 0) is 0 Å². The number of hydrogen-bond acceptors (Lipinski definition) is 4. The normalized spacial score (nSPS) is 27.1. The van der Waals surface area contributed by atoms with E-state index in [-0.39, 0.29) is 6.54 Å². The second-order valence-corrected chi connectivity index (χ2v) is 4.81. The van der Waals surface area contributed by atoms with Crippen molar-refractivity contribution in [2.45, 2.75) is 18.2 Å². The summed E-state index contributed by atoms with van der Waals surface area (Å²) < 4.78 is 0. The van der Waals surface area contributed by atoms with Gasteiger partial charge in [0.2, 0.25) is 0 Å². The molecule has 1 fully saturated rings. The third kappa shape index (κ3) is 2.86. The third-order valence-electron chi connectivity index (χ3n) is 2.22. The van der Waals surface area contributed by atoms with E-state index in [0.717, 1.165) is 18.8 Å². The van der Waals surface area contributed by atoms with E-state index in [0.29, 0.717) is 5.25 Å². The minimum atomic E-state index is -0.804. The van der Waals surface area contributed by atoms with Crippen LogP contribution < -0.4 is 5.73 Å². The van der Waals surface area contributed by atoms with Crippen LogP contribution in [0.15, 0.2) is 0 Å². The average molecular weight is 204 g/mol. The maximum atomic E-state index is 10.8. The van der Waals surface area contributed by atoms with Crippen molar-refractivity contribution < 1.29 is 9.90 Å². The number of carboxylic acids is 1. The first-order valence-corrected chi connectivity index (χ1v) is 5.48. The molecule has 0 radical (unpaired) electrons. The lowest BCUT2D eigenvalue weighted by Crippen LogP contribution is -2.51. The molecule has 5 heteroatoms. The highest BCUT2D eigenvalue weighted by molar-refractivity contribution is 7.99. The Morgan fingerprint density at radius 2 is 2.54 bits per heavy atom. The van der Waals surface area contributed by atoms with Gasteiger partial charge >= 0.3 is 5.97 Å². The minimum Gasteiger partial charge on any atom is -0.480 e. The monoisotopic (exact) mass is 204 g/mol. The molecule has 1 aliphatic rings. The number of thioether (sulfide) groups is 1. The van der Waals surface area contributed by atoms with E-state index in [4.69, 9.17) is 10.8 Å². The van der Waals surface area contributed by atoms with Crippen LogP contribution in [0.1, 0.15) is 6.92 Å². The number of hydrogen-bond donors (Lipinski definition) is 2. The lowest BCUT2D eigenvalue weighted by atomic mass is 10.2. The number of rotatable bonds is 3. The molecule has 2 atom stereocenters. The molecule has 4 nitrogen and oxygen atoms in total. The van der Waals surface area contributed by atoms with Crippen molar-refractivity contribution in [3.8, 4) is 0 Å². The molecule has 0 saturated carbocycles. The van der Waals surface area contributed by atoms with E-state index in [9.17, 15) is 4.79 Å². The molecule has 2 unspecified atom stereocenters. The summed E-state index contributed by atoms with van der Waals surface area (Å²) in [6, 6.07) is -0.497. The first kappa shape index (κ1) is 10.8. The van der Waals surface area contributed by atoms with Crippen molar-refractivity contribution in [2.75, 3.05) is 25.4 Å². The Hall–Kier alpha value is -0.260. The molecule has 0 bridgehead atoms. The number of nitrogens with zero attached hydrogens (tertiary/aromatic N) is 1.